The third kappa shape index (κ3) is 1.56. The van der Waals surface area contributed by atoms with Gasteiger partial charge in [-0.2, -0.15) is 4.98 Å². The van der Waals surface area contributed by atoms with E-state index >= 15 is 0 Å². The molecule has 1 aromatic rings. The van der Waals surface area contributed by atoms with Crippen LogP contribution in [0, 0.1) is 11.8 Å². The number of nitrogens with zero attached hydrogens (tertiary/aromatic N) is 2. The fourth-order valence-corrected chi connectivity index (χ4v) is 3.11. The first-order chi connectivity index (χ1) is 7.81. The molecule has 16 heavy (non-hydrogen) atoms. The summed E-state index contributed by atoms with van der Waals surface area (Å²) in [6, 6.07) is 0. The SMILES string of the molecule is CCCC(O)c1noc(C2C3CCCC32)n1. The van der Waals surface area contributed by atoms with Crippen LogP contribution in [0.2, 0.25) is 0 Å². The first-order valence-corrected chi connectivity index (χ1v) is 6.32. The Morgan fingerprint density at radius 1 is 1.44 bits per heavy atom. The number of aliphatic hydroxyl groups excluding tert-OH is 1. The second kappa shape index (κ2) is 3.84. The van der Waals surface area contributed by atoms with Crippen LogP contribution in [0.4, 0.5) is 0 Å². The molecule has 2 fully saturated rings. The van der Waals surface area contributed by atoms with E-state index in [0.29, 0.717) is 18.2 Å². The molecule has 2 aliphatic rings. The van der Waals surface area contributed by atoms with Crippen LogP contribution < -0.4 is 0 Å². The molecule has 88 valence electrons. The molecule has 0 radical (unpaired) electrons. The van der Waals surface area contributed by atoms with E-state index in [0.717, 1.165) is 24.1 Å². The number of fused-ring (bicyclic) bond motifs is 1. The molecular weight excluding hydrogens is 204 g/mol. The fourth-order valence-electron chi connectivity index (χ4n) is 3.11. The molecule has 4 heteroatoms. The summed E-state index contributed by atoms with van der Waals surface area (Å²) in [6.45, 7) is 2.04. The summed E-state index contributed by atoms with van der Waals surface area (Å²) in [7, 11) is 0. The van der Waals surface area contributed by atoms with E-state index in [1.165, 1.54) is 19.3 Å². The third-order valence-electron chi connectivity index (χ3n) is 4.01. The lowest BCUT2D eigenvalue weighted by Crippen LogP contribution is -1.99. The summed E-state index contributed by atoms with van der Waals surface area (Å²) < 4.78 is 5.27. The predicted octanol–water partition coefficient (Wildman–Crippen LogP) is 2.42. The molecule has 1 N–H and O–H groups in total. The summed E-state index contributed by atoms with van der Waals surface area (Å²) in [6.07, 6.45) is 5.05. The molecule has 1 aromatic heterocycles. The average Bonchev–Trinajstić information content (AvgIpc) is 2.76. The van der Waals surface area contributed by atoms with Crippen molar-refractivity contribution in [2.75, 3.05) is 0 Å². The van der Waals surface area contributed by atoms with Gasteiger partial charge < -0.3 is 9.63 Å². The van der Waals surface area contributed by atoms with Crippen LogP contribution in [-0.2, 0) is 0 Å². The lowest BCUT2D eigenvalue weighted by molar-refractivity contribution is 0.152. The monoisotopic (exact) mass is 222 g/mol. The van der Waals surface area contributed by atoms with Crippen molar-refractivity contribution in [1.82, 2.24) is 10.1 Å². The molecule has 0 spiro atoms. The van der Waals surface area contributed by atoms with Crippen molar-refractivity contribution in [3.63, 3.8) is 0 Å². The molecule has 0 saturated heterocycles. The molecule has 0 bridgehead atoms. The smallest absolute Gasteiger partial charge is 0.230 e. The Hall–Kier alpha value is -0.900. The molecule has 0 aliphatic heterocycles. The van der Waals surface area contributed by atoms with E-state index in [2.05, 4.69) is 10.1 Å². The quantitative estimate of drug-likeness (QED) is 0.849. The van der Waals surface area contributed by atoms with Crippen LogP contribution in [0.1, 0.15) is 62.8 Å². The first kappa shape index (κ1) is 10.3. The Bertz CT molecular complexity index is 367. The summed E-state index contributed by atoms with van der Waals surface area (Å²) in [5, 5.41) is 13.6. The highest BCUT2D eigenvalue weighted by Crippen LogP contribution is 2.62. The van der Waals surface area contributed by atoms with Crippen LogP contribution in [0.5, 0.6) is 0 Å². The lowest BCUT2D eigenvalue weighted by atomic mass is 10.1. The highest BCUT2D eigenvalue weighted by Gasteiger charge is 2.56. The summed E-state index contributed by atoms with van der Waals surface area (Å²) >= 11 is 0. The van der Waals surface area contributed by atoms with Gasteiger partial charge in [-0.1, -0.05) is 24.9 Å². The van der Waals surface area contributed by atoms with Crippen molar-refractivity contribution in [2.24, 2.45) is 11.8 Å². The number of hydrogen-bond acceptors (Lipinski definition) is 4. The van der Waals surface area contributed by atoms with Crippen LogP contribution in [0.15, 0.2) is 4.52 Å². The Morgan fingerprint density at radius 2 is 2.19 bits per heavy atom. The Morgan fingerprint density at radius 3 is 2.88 bits per heavy atom. The minimum atomic E-state index is -0.555. The van der Waals surface area contributed by atoms with E-state index in [1.807, 2.05) is 6.92 Å². The number of rotatable bonds is 4. The lowest BCUT2D eigenvalue weighted by Gasteiger charge is -2.01. The van der Waals surface area contributed by atoms with Crippen LogP contribution >= 0.6 is 0 Å². The predicted molar refractivity (Wildman–Crippen MR) is 57.7 cm³/mol. The second-order valence-electron chi connectivity index (χ2n) is 5.08. The Labute approximate surface area is 95.0 Å². The van der Waals surface area contributed by atoms with Crippen molar-refractivity contribution in [3.8, 4) is 0 Å². The first-order valence-electron chi connectivity index (χ1n) is 6.32. The van der Waals surface area contributed by atoms with Gasteiger partial charge in [0.1, 0.15) is 6.10 Å². The van der Waals surface area contributed by atoms with Gasteiger partial charge in [-0.05, 0) is 31.1 Å². The average molecular weight is 222 g/mol. The molecule has 3 unspecified atom stereocenters. The molecule has 1 heterocycles. The van der Waals surface area contributed by atoms with E-state index < -0.39 is 6.10 Å². The Balaban J connectivity index is 1.69. The molecule has 0 aromatic carbocycles. The maximum absolute atomic E-state index is 9.75. The topological polar surface area (TPSA) is 59.2 Å². The van der Waals surface area contributed by atoms with E-state index in [4.69, 9.17) is 4.52 Å². The van der Waals surface area contributed by atoms with Crippen LogP contribution in [-0.4, -0.2) is 15.2 Å². The van der Waals surface area contributed by atoms with Gasteiger partial charge in [-0.25, -0.2) is 0 Å². The normalized spacial score (nSPS) is 33.8. The maximum Gasteiger partial charge on any atom is 0.230 e. The fraction of sp³-hybridized carbons (Fsp3) is 0.833. The molecule has 3 rings (SSSR count). The number of aromatic nitrogens is 2. The zero-order valence-electron chi connectivity index (χ0n) is 9.59. The molecular formula is C12H18N2O2. The summed E-state index contributed by atoms with van der Waals surface area (Å²) in [4.78, 5) is 4.35. The van der Waals surface area contributed by atoms with Crippen molar-refractivity contribution in [2.45, 2.75) is 51.0 Å². The van der Waals surface area contributed by atoms with Gasteiger partial charge in [0.2, 0.25) is 5.89 Å². The molecule has 3 atom stereocenters. The second-order valence-corrected chi connectivity index (χ2v) is 5.08. The summed E-state index contributed by atoms with van der Waals surface area (Å²) in [5.74, 6) is 3.32. The largest absolute Gasteiger partial charge is 0.385 e. The van der Waals surface area contributed by atoms with Crippen LogP contribution in [0.25, 0.3) is 0 Å². The highest BCUT2D eigenvalue weighted by molar-refractivity contribution is 5.16. The minimum absolute atomic E-state index is 0.474. The van der Waals surface area contributed by atoms with Gasteiger partial charge >= 0.3 is 0 Å². The van der Waals surface area contributed by atoms with Gasteiger partial charge in [-0.3, -0.25) is 0 Å². The van der Waals surface area contributed by atoms with E-state index in [1.54, 1.807) is 0 Å². The standard InChI is InChI=1S/C12H18N2O2/c1-2-4-9(15)11-13-12(16-14-11)10-7-5-3-6-8(7)10/h7-10,15H,2-6H2,1H3. The molecule has 4 nitrogen and oxygen atoms in total. The van der Waals surface area contributed by atoms with Crippen molar-refractivity contribution in [3.05, 3.63) is 11.7 Å². The van der Waals surface area contributed by atoms with Gasteiger partial charge in [0.25, 0.3) is 0 Å². The van der Waals surface area contributed by atoms with Gasteiger partial charge in [-0.15, -0.1) is 0 Å². The summed E-state index contributed by atoms with van der Waals surface area (Å²) in [5.41, 5.74) is 0. The maximum atomic E-state index is 9.75. The van der Waals surface area contributed by atoms with Gasteiger partial charge in [0.15, 0.2) is 5.82 Å². The number of aliphatic hydroxyl groups is 1. The van der Waals surface area contributed by atoms with Gasteiger partial charge in [0.05, 0.1) is 0 Å². The molecule has 2 aliphatic carbocycles. The van der Waals surface area contributed by atoms with E-state index in [9.17, 15) is 5.11 Å². The zero-order valence-corrected chi connectivity index (χ0v) is 9.59. The highest BCUT2D eigenvalue weighted by atomic mass is 16.5. The zero-order chi connectivity index (χ0) is 11.1. The molecule has 2 saturated carbocycles. The molecule has 0 amide bonds. The van der Waals surface area contributed by atoms with E-state index in [-0.39, 0.29) is 0 Å². The van der Waals surface area contributed by atoms with Crippen molar-refractivity contribution < 1.29 is 9.63 Å². The van der Waals surface area contributed by atoms with Crippen LogP contribution in [0.3, 0.4) is 0 Å². The van der Waals surface area contributed by atoms with Crippen molar-refractivity contribution >= 4 is 0 Å². The number of hydrogen-bond donors (Lipinski definition) is 1. The van der Waals surface area contributed by atoms with Crippen molar-refractivity contribution in [1.29, 1.82) is 0 Å². The third-order valence-corrected chi connectivity index (χ3v) is 4.01. The van der Waals surface area contributed by atoms with Gasteiger partial charge in [0, 0.05) is 5.92 Å². The Kier molecular flexibility index (Phi) is 2.46. The minimum Gasteiger partial charge on any atom is -0.385 e.